The molecule has 1 aromatic carbocycles. The van der Waals surface area contributed by atoms with Gasteiger partial charge in [0.2, 0.25) is 0 Å². The largest absolute Gasteiger partial charge is 0.433 e. The van der Waals surface area contributed by atoms with Gasteiger partial charge >= 0.3 is 6.18 Å². The van der Waals surface area contributed by atoms with Gasteiger partial charge in [0.1, 0.15) is 10.7 Å². The standard InChI is InChI=1S/C13H9BrF3N3S/c14-7-1-3-10(9(5-7)12(18)21)20-8-2-4-11(19-6-8)13(15,16)17/h1-6,20H,(H2,18,21). The fourth-order valence-electron chi connectivity index (χ4n) is 1.62. The van der Waals surface area contributed by atoms with Crippen LogP contribution in [0.25, 0.3) is 0 Å². The molecule has 0 fully saturated rings. The average Bonchev–Trinajstić information content (AvgIpc) is 2.40. The molecule has 0 radical (unpaired) electrons. The summed E-state index contributed by atoms with van der Waals surface area (Å²) >= 11 is 8.25. The monoisotopic (exact) mass is 375 g/mol. The quantitative estimate of drug-likeness (QED) is 0.787. The summed E-state index contributed by atoms with van der Waals surface area (Å²) in [5, 5.41) is 2.94. The lowest BCUT2D eigenvalue weighted by atomic mass is 10.1. The maximum Gasteiger partial charge on any atom is 0.433 e. The van der Waals surface area contributed by atoms with Crippen molar-refractivity contribution < 1.29 is 13.2 Å². The highest BCUT2D eigenvalue weighted by atomic mass is 79.9. The van der Waals surface area contributed by atoms with E-state index in [0.29, 0.717) is 16.9 Å². The van der Waals surface area contributed by atoms with Gasteiger partial charge in [-0.1, -0.05) is 28.1 Å². The molecule has 2 aromatic rings. The topological polar surface area (TPSA) is 50.9 Å². The lowest BCUT2D eigenvalue weighted by Gasteiger charge is -2.12. The third-order valence-electron chi connectivity index (χ3n) is 2.58. The molecule has 21 heavy (non-hydrogen) atoms. The van der Waals surface area contributed by atoms with Gasteiger partial charge < -0.3 is 11.1 Å². The Kier molecular flexibility index (Phi) is 4.48. The second-order valence-corrected chi connectivity index (χ2v) is 5.46. The van der Waals surface area contributed by atoms with Crippen LogP contribution in [0.4, 0.5) is 24.5 Å². The van der Waals surface area contributed by atoms with Crippen LogP contribution >= 0.6 is 28.1 Å². The number of pyridine rings is 1. The van der Waals surface area contributed by atoms with Crippen LogP contribution in [0.15, 0.2) is 41.0 Å². The van der Waals surface area contributed by atoms with Crippen molar-refractivity contribution >= 4 is 44.5 Å². The number of rotatable bonds is 3. The predicted molar refractivity (Wildman–Crippen MR) is 82.6 cm³/mol. The van der Waals surface area contributed by atoms with Crippen LogP contribution in [-0.2, 0) is 6.18 Å². The number of alkyl halides is 3. The summed E-state index contributed by atoms with van der Waals surface area (Å²) in [7, 11) is 0. The van der Waals surface area contributed by atoms with Crippen molar-refractivity contribution in [1.29, 1.82) is 0 Å². The number of anilines is 2. The van der Waals surface area contributed by atoms with E-state index >= 15 is 0 Å². The lowest BCUT2D eigenvalue weighted by Crippen LogP contribution is -2.12. The fourth-order valence-corrected chi connectivity index (χ4v) is 2.15. The number of nitrogens with one attached hydrogen (secondary N) is 1. The van der Waals surface area contributed by atoms with E-state index in [1.54, 1.807) is 18.2 Å². The molecule has 1 heterocycles. The number of benzene rings is 1. The second kappa shape index (κ2) is 5.98. The van der Waals surface area contributed by atoms with Crippen molar-refractivity contribution in [3.05, 3.63) is 52.3 Å². The van der Waals surface area contributed by atoms with Gasteiger partial charge in [0.05, 0.1) is 11.9 Å². The first kappa shape index (κ1) is 15.7. The summed E-state index contributed by atoms with van der Waals surface area (Å²) in [6, 6.07) is 7.41. The van der Waals surface area contributed by atoms with Crippen molar-refractivity contribution in [3.63, 3.8) is 0 Å². The van der Waals surface area contributed by atoms with Gasteiger partial charge in [0.25, 0.3) is 0 Å². The van der Waals surface area contributed by atoms with Crippen LogP contribution in [-0.4, -0.2) is 9.97 Å². The summed E-state index contributed by atoms with van der Waals surface area (Å²) in [5.74, 6) is 0. The van der Waals surface area contributed by atoms with Gasteiger partial charge in [-0.25, -0.2) is 4.98 Å². The Hall–Kier alpha value is -1.67. The van der Waals surface area contributed by atoms with Gasteiger partial charge in [0, 0.05) is 15.7 Å². The zero-order chi connectivity index (χ0) is 15.6. The van der Waals surface area contributed by atoms with Crippen molar-refractivity contribution in [3.8, 4) is 0 Å². The van der Waals surface area contributed by atoms with E-state index in [9.17, 15) is 13.2 Å². The number of aromatic nitrogens is 1. The first-order valence-corrected chi connectivity index (χ1v) is 6.87. The summed E-state index contributed by atoms with van der Waals surface area (Å²) in [5.41, 5.74) is 6.26. The molecule has 1 aromatic heterocycles. The van der Waals surface area contributed by atoms with Gasteiger partial charge in [-0.2, -0.15) is 13.2 Å². The first-order chi connectivity index (χ1) is 9.77. The van der Waals surface area contributed by atoms with Crippen LogP contribution in [0.1, 0.15) is 11.3 Å². The van der Waals surface area contributed by atoms with Crippen LogP contribution in [0.5, 0.6) is 0 Å². The normalized spacial score (nSPS) is 11.2. The summed E-state index contributed by atoms with van der Waals surface area (Å²) in [4.78, 5) is 3.56. The molecule has 0 aliphatic rings. The Morgan fingerprint density at radius 3 is 2.48 bits per heavy atom. The van der Waals surface area contributed by atoms with Crippen LogP contribution in [0, 0.1) is 0 Å². The van der Waals surface area contributed by atoms with E-state index in [2.05, 4.69) is 26.2 Å². The molecule has 3 nitrogen and oxygen atoms in total. The van der Waals surface area contributed by atoms with Crippen molar-refractivity contribution in [1.82, 2.24) is 4.98 Å². The third-order valence-corrected chi connectivity index (χ3v) is 3.29. The predicted octanol–water partition coefficient (Wildman–Crippen LogP) is 4.24. The minimum Gasteiger partial charge on any atom is -0.389 e. The summed E-state index contributed by atoms with van der Waals surface area (Å²) in [6.45, 7) is 0. The number of hydrogen-bond donors (Lipinski definition) is 2. The summed E-state index contributed by atoms with van der Waals surface area (Å²) in [6.07, 6.45) is -3.35. The molecule has 0 saturated carbocycles. The SMILES string of the molecule is NC(=S)c1cc(Br)ccc1Nc1ccc(C(F)(F)F)nc1. The molecule has 0 atom stereocenters. The van der Waals surface area contributed by atoms with E-state index in [1.165, 1.54) is 6.07 Å². The van der Waals surface area contributed by atoms with E-state index in [0.717, 1.165) is 16.7 Å². The highest BCUT2D eigenvalue weighted by molar-refractivity contribution is 9.10. The number of nitrogens with zero attached hydrogens (tertiary/aromatic N) is 1. The van der Waals surface area contributed by atoms with Gasteiger partial charge in [-0.15, -0.1) is 0 Å². The smallest absolute Gasteiger partial charge is 0.389 e. The molecule has 0 spiro atoms. The number of thiocarbonyl (C=S) groups is 1. The maximum absolute atomic E-state index is 12.4. The number of halogens is 4. The van der Waals surface area contributed by atoms with Gasteiger partial charge in [-0.3, -0.25) is 0 Å². The molecule has 0 saturated heterocycles. The molecule has 2 rings (SSSR count). The fraction of sp³-hybridized carbons (Fsp3) is 0.0769. The van der Waals surface area contributed by atoms with Crippen LogP contribution in [0.2, 0.25) is 0 Å². The maximum atomic E-state index is 12.4. The van der Waals surface area contributed by atoms with Crippen molar-refractivity contribution in [2.24, 2.45) is 5.73 Å². The highest BCUT2D eigenvalue weighted by Gasteiger charge is 2.32. The zero-order valence-corrected chi connectivity index (χ0v) is 12.8. The molecule has 110 valence electrons. The van der Waals surface area contributed by atoms with Crippen LogP contribution in [0.3, 0.4) is 0 Å². The first-order valence-electron chi connectivity index (χ1n) is 5.67. The van der Waals surface area contributed by atoms with Crippen molar-refractivity contribution in [2.45, 2.75) is 6.18 Å². The van der Waals surface area contributed by atoms with E-state index in [-0.39, 0.29) is 4.99 Å². The molecule has 0 aliphatic heterocycles. The Bertz CT molecular complexity index is 671. The van der Waals surface area contributed by atoms with Gasteiger partial charge in [-0.05, 0) is 30.3 Å². The highest BCUT2D eigenvalue weighted by Crippen LogP contribution is 2.29. The zero-order valence-electron chi connectivity index (χ0n) is 10.4. The Morgan fingerprint density at radius 2 is 1.95 bits per heavy atom. The second-order valence-electron chi connectivity index (χ2n) is 4.11. The minimum absolute atomic E-state index is 0.179. The average molecular weight is 376 g/mol. The molecule has 0 aliphatic carbocycles. The number of nitrogens with two attached hydrogens (primary N) is 1. The third kappa shape index (κ3) is 3.92. The molecule has 8 heteroatoms. The van der Waals surface area contributed by atoms with Gasteiger partial charge in [0.15, 0.2) is 0 Å². The van der Waals surface area contributed by atoms with E-state index < -0.39 is 11.9 Å². The lowest BCUT2D eigenvalue weighted by molar-refractivity contribution is -0.141. The van der Waals surface area contributed by atoms with Crippen molar-refractivity contribution in [2.75, 3.05) is 5.32 Å². The molecule has 0 bridgehead atoms. The van der Waals surface area contributed by atoms with E-state index in [1.807, 2.05) is 0 Å². The molecule has 0 amide bonds. The molecule has 0 unspecified atom stereocenters. The minimum atomic E-state index is -4.46. The van der Waals surface area contributed by atoms with E-state index in [4.69, 9.17) is 18.0 Å². The molecular weight excluding hydrogens is 367 g/mol. The Balaban J connectivity index is 2.28. The molecule has 3 N–H and O–H groups in total. The number of hydrogen-bond acceptors (Lipinski definition) is 3. The Labute approximate surface area is 132 Å². The summed E-state index contributed by atoms with van der Waals surface area (Å²) < 4.78 is 38.1. The van der Waals surface area contributed by atoms with Crippen LogP contribution < -0.4 is 11.1 Å². The molecular formula is C13H9BrF3N3S. The Morgan fingerprint density at radius 1 is 1.24 bits per heavy atom.